The van der Waals surface area contributed by atoms with E-state index in [4.69, 9.17) is 0 Å². The Morgan fingerprint density at radius 2 is 1.95 bits per heavy atom. The maximum absolute atomic E-state index is 4.62. The summed E-state index contributed by atoms with van der Waals surface area (Å²) < 4.78 is 1.87. The minimum absolute atomic E-state index is 0.621. The average molecular weight is 279 g/mol. The molecule has 0 bridgehead atoms. The molecular formula is C16H17N5. The fraction of sp³-hybridized carbons (Fsp3) is 0.375. The lowest BCUT2D eigenvalue weighted by molar-refractivity contribution is 0.549. The normalized spacial score (nSPS) is 21.1. The standard InChI is InChI=1S/C16H17N5/c1-10(2)12-3-13(12)14-4-15(11-5-17-8-18-6-11)20-21-9-19-7-16(14)21/h4-10,12-13H,3H2,1-2H3/t12-,13+/m1/s1. The summed E-state index contributed by atoms with van der Waals surface area (Å²) >= 11 is 0. The Kier molecular flexibility index (Phi) is 2.74. The van der Waals surface area contributed by atoms with Gasteiger partial charge in [0.15, 0.2) is 0 Å². The number of hydrogen-bond acceptors (Lipinski definition) is 4. The summed E-state index contributed by atoms with van der Waals surface area (Å²) in [4.78, 5) is 12.4. The predicted molar refractivity (Wildman–Crippen MR) is 79.7 cm³/mol. The molecule has 1 aliphatic carbocycles. The first-order chi connectivity index (χ1) is 10.2. The van der Waals surface area contributed by atoms with Gasteiger partial charge in [-0.25, -0.2) is 19.5 Å². The van der Waals surface area contributed by atoms with E-state index in [-0.39, 0.29) is 0 Å². The molecule has 0 amide bonds. The summed E-state index contributed by atoms with van der Waals surface area (Å²) in [6, 6.07) is 2.18. The van der Waals surface area contributed by atoms with Crippen molar-refractivity contribution >= 4 is 5.52 Å². The van der Waals surface area contributed by atoms with Gasteiger partial charge in [-0.2, -0.15) is 5.10 Å². The van der Waals surface area contributed by atoms with E-state index >= 15 is 0 Å². The van der Waals surface area contributed by atoms with Crippen molar-refractivity contribution in [2.45, 2.75) is 26.2 Å². The highest BCUT2D eigenvalue weighted by atomic mass is 15.2. The third kappa shape index (κ3) is 2.09. The minimum Gasteiger partial charge on any atom is -0.244 e. The lowest BCUT2D eigenvalue weighted by Crippen LogP contribution is -2.00. The molecule has 0 saturated heterocycles. The van der Waals surface area contributed by atoms with Crippen LogP contribution in [0.2, 0.25) is 0 Å². The van der Waals surface area contributed by atoms with Crippen molar-refractivity contribution in [3.8, 4) is 11.3 Å². The summed E-state index contributed by atoms with van der Waals surface area (Å²) in [6.07, 6.45) is 10.1. The van der Waals surface area contributed by atoms with E-state index in [9.17, 15) is 0 Å². The van der Waals surface area contributed by atoms with E-state index in [1.165, 1.54) is 18.3 Å². The highest BCUT2D eigenvalue weighted by Crippen LogP contribution is 2.53. The van der Waals surface area contributed by atoms with Gasteiger partial charge in [0.05, 0.1) is 17.4 Å². The topological polar surface area (TPSA) is 56.0 Å². The zero-order valence-corrected chi connectivity index (χ0v) is 12.1. The number of nitrogens with zero attached hydrogens (tertiary/aromatic N) is 5. The Bertz CT molecular complexity index is 778. The number of rotatable bonds is 3. The highest BCUT2D eigenvalue weighted by Gasteiger charge is 2.41. The molecule has 3 aromatic heterocycles. The second kappa shape index (κ2) is 4.62. The van der Waals surface area contributed by atoms with Gasteiger partial charge in [0, 0.05) is 18.0 Å². The fourth-order valence-electron chi connectivity index (χ4n) is 3.12. The quantitative estimate of drug-likeness (QED) is 0.739. The van der Waals surface area contributed by atoms with Crippen LogP contribution in [0.25, 0.3) is 16.8 Å². The van der Waals surface area contributed by atoms with Gasteiger partial charge in [-0.15, -0.1) is 0 Å². The third-order valence-electron chi connectivity index (χ3n) is 4.38. The first-order valence-corrected chi connectivity index (χ1v) is 7.32. The van der Waals surface area contributed by atoms with Crippen LogP contribution in [-0.2, 0) is 0 Å². The SMILES string of the molecule is CC(C)[C@H]1C[C@@H]1c1cc(-c2cncnc2)nn2cncc12. The Hall–Kier alpha value is -2.30. The molecule has 3 aromatic rings. The highest BCUT2D eigenvalue weighted by molar-refractivity contribution is 5.64. The molecule has 0 spiro atoms. The number of fused-ring (bicyclic) bond motifs is 1. The van der Waals surface area contributed by atoms with E-state index in [0.717, 1.165) is 28.6 Å². The van der Waals surface area contributed by atoms with Crippen molar-refractivity contribution in [2.75, 3.05) is 0 Å². The molecule has 106 valence electrons. The molecule has 0 radical (unpaired) electrons. The largest absolute Gasteiger partial charge is 0.244 e. The fourth-order valence-corrected chi connectivity index (χ4v) is 3.12. The van der Waals surface area contributed by atoms with Crippen LogP contribution < -0.4 is 0 Å². The van der Waals surface area contributed by atoms with E-state index in [0.29, 0.717) is 5.92 Å². The van der Waals surface area contributed by atoms with Gasteiger partial charge in [0.2, 0.25) is 0 Å². The maximum Gasteiger partial charge on any atom is 0.117 e. The molecule has 0 N–H and O–H groups in total. The second-order valence-corrected chi connectivity index (χ2v) is 6.09. The Morgan fingerprint density at radius 3 is 2.67 bits per heavy atom. The van der Waals surface area contributed by atoms with Gasteiger partial charge < -0.3 is 0 Å². The Balaban J connectivity index is 1.84. The zero-order chi connectivity index (χ0) is 14.4. The van der Waals surface area contributed by atoms with Crippen molar-refractivity contribution in [1.29, 1.82) is 0 Å². The summed E-state index contributed by atoms with van der Waals surface area (Å²) in [5.41, 5.74) is 4.31. The monoisotopic (exact) mass is 279 g/mol. The van der Waals surface area contributed by atoms with Gasteiger partial charge in [-0.1, -0.05) is 13.8 Å². The molecule has 1 aliphatic rings. The van der Waals surface area contributed by atoms with E-state index in [1.54, 1.807) is 18.7 Å². The Morgan fingerprint density at radius 1 is 1.14 bits per heavy atom. The molecule has 1 saturated carbocycles. The molecule has 0 unspecified atom stereocenters. The van der Waals surface area contributed by atoms with Gasteiger partial charge in [0.1, 0.15) is 12.7 Å². The predicted octanol–water partition coefficient (Wildman–Crippen LogP) is 2.95. The average Bonchev–Trinajstić information content (AvgIpc) is 3.17. The second-order valence-electron chi connectivity index (χ2n) is 6.09. The minimum atomic E-state index is 0.621. The van der Waals surface area contributed by atoms with Gasteiger partial charge >= 0.3 is 0 Å². The number of aromatic nitrogens is 5. The van der Waals surface area contributed by atoms with Crippen LogP contribution in [0.4, 0.5) is 0 Å². The molecule has 4 rings (SSSR count). The molecule has 5 nitrogen and oxygen atoms in total. The van der Waals surface area contributed by atoms with Crippen LogP contribution in [0, 0.1) is 11.8 Å². The summed E-state index contributed by atoms with van der Waals surface area (Å²) in [7, 11) is 0. The number of hydrogen-bond donors (Lipinski definition) is 0. The van der Waals surface area contributed by atoms with Crippen LogP contribution in [0.5, 0.6) is 0 Å². The maximum atomic E-state index is 4.62. The molecule has 1 fully saturated rings. The van der Waals surface area contributed by atoms with Crippen LogP contribution in [0.1, 0.15) is 31.7 Å². The van der Waals surface area contributed by atoms with Gasteiger partial charge in [-0.3, -0.25) is 0 Å². The van der Waals surface area contributed by atoms with E-state index in [2.05, 4.69) is 40.0 Å². The van der Waals surface area contributed by atoms with E-state index < -0.39 is 0 Å². The molecule has 3 heterocycles. The van der Waals surface area contributed by atoms with Crippen molar-refractivity contribution in [1.82, 2.24) is 24.6 Å². The van der Waals surface area contributed by atoms with Crippen molar-refractivity contribution in [3.63, 3.8) is 0 Å². The third-order valence-corrected chi connectivity index (χ3v) is 4.38. The van der Waals surface area contributed by atoms with Crippen molar-refractivity contribution in [3.05, 3.63) is 42.9 Å². The van der Waals surface area contributed by atoms with Crippen LogP contribution in [0.15, 0.2) is 37.3 Å². The van der Waals surface area contributed by atoms with Crippen molar-refractivity contribution < 1.29 is 0 Å². The number of imidazole rings is 1. The zero-order valence-electron chi connectivity index (χ0n) is 12.1. The molecule has 2 atom stereocenters. The molecule has 5 heteroatoms. The molecule has 0 aromatic carbocycles. The molecule has 21 heavy (non-hydrogen) atoms. The van der Waals surface area contributed by atoms with Gasteiger partial charge in [0.25, 0.3) is 0 Å². The Labute approximate surface area is 123 Å². The van der Waals surface area contributed by atoms with E-state index in [1.807, 2.05) is 10.7 Å². The van der Waals surface area contributed by atoms with Gasteiger partial charge in [-0.05, 0) is 35.8 Å². The molecular weight excluding hydrogens is 262 g/mol. The first-order valence-electron chi connectivity index (χ1n) is 7.32. The lowest BCUT2D eigenvalue weighted by Gasteiger charge is -2.08. The van der Waals surface area contributed by atoms with Crippen LogP contribution in [0.3, 0.4) is 0 Å². The summed E-state index contributed by atoms with van der Waals surface area (Å²) in [5, 5.41) is 4.62. The summed E-state index contributed by atoms with van der Waals surface area (Å²) in [5.74, 6) is 2.11. The summed E-state index contributed by atoms with van der Waals surface area (Å²) in [6.45, 7) is 4.59. The van der Waals surface area contributed by atoms with Crippen LogP contribution in [-0.4, -0.2) is 24.6 Å². The molecule has 0 aliphatic heterocycles. The van der Waals surface area contributed by atoms with Crippen molar-refractivity contribution in [2.24, 2.45) is 11.8 Å². The smallest absolute Gasteiger partial charge is 0.117 e. The lowest BCUT2D eigenvalue weighted by atomic mass is 10.0. The first kappa shape index (κ1) is 12.4. The van der Waals surface area contributed by atoms with Crippen LogP contribution >= 0.6 is 0 Å².